The first kappa shape index (κ1) is 16.8. The van der Waals surface area contributed by atoms with Crippen molar-refractivity contribution in [1.29, 1.82) is 0 Å². The summed E-state index contributed by atoms with van der Waals surface area (Å²) in [6, 6.07) is 5.50. The molecule has 4 amide bonds. The summed E-state index contributed by atoms with van der Waals surface area (Å²) < 4.78 is 0. The van der Waals surface area contributed by atoms with Gasteiger partial charge in [0.1, 0.15) is 6.04 Å². The van der Waals surface area contributed by atoms with Gasteiger partial charge in [-0.2, -0.15) is 0 Å². The highest BCUT2D eigenvalue weighted by Crippen LogP contribution is 2.33. The van der Waals surface area contributed by atoms with Gasteiger partial charge in [-0.15, -0.1) is 0 Å². The zero-order valence-corrected chi connectivity index (χ0v) is 14.8. The van der Waals surface area contributed by atoms with E-state index in [9.17, 15) is 19.2 Å². The average Bonchev–Trinajstić information content (AvgIpc) is 2.81. The second-order valence-electron chi connectivity index (χ2n) is 7.34. The van der Waals surface area contributed by atoms with E-state index < -0.39 is 23.8 Å². The van der Waals surface area contributed by atoms with Crippen molar-refractivity contribution >= 4 is 23.6 Å². The number of fused-ring (bicyclic) bond motifs is 2. The predicted octanol–water partition coefficient (Wildman–Crippen LogP) is 1.45. The molecule has 1 aromatic carbocycles. The molecule has 2 fully saturated rings. The van der Waals surface area contributed by atoms with Crippen LogP contribution in [0.4, 0.5) is 0 Å². The first-order valence-electron chi connectivity index (χ1n) is 9.02. The van der Waals surface area contributed by atoms with Crippen LogP contribution in [0.5, 0.6) is 0 Å². The Morgan fingerprint density at radius 1 is 0.962 bits per heavy atom. The summed E-state index contributed by atoms with van der Waals surface area (Å²) in [5.41, 5.74) is 0.633. The molecule has 0 bridgehead atoms. The Bertz CT molecular complexity index is 786. The molecule has 7 heteroatoms. The Balaban J connectivity index is 1.76. The highest BCUT2D eigenvalue weighted by atomic mass is 16.2. The van der Waals surface area contributed by atoms with Crippen LogP contribution in [0.3, 0.4) is 0 Å². The van der Waals surface area contributed by atoms with Crippen molar-refractivity contribution in [1.82, 2.24) is 14.9 Å². The van der Waals surface area contributed by atoms with Crippen LogP contribution in [0.1, 0.15) is 53.8 Å². The largest absolute Gasteiger partial charge is 0.273 e. The molecule has 3 aliphatic heterocycles. The monoisotopic (exact) mass is 355 g/mol. The van der Waals surface area contributed by atoms with Gasteiger partial charge in [-0.05, 0) is 37.8 Å². The van der Waals surface area contributed by atoms with E-state index >= 15 is 0 Å². The van der Waals surface area contributed by atoms with Crippen LogP contribution in [0.15, 0.2) is 24.3 Å². The molecule has 0 N–H and O–H groups in total. The van der Waals surface area contributed by atoms with Crippen molar-refractivity contribution < 1.29 is 19.2 Å². The number of imide groups is 1. The van der Waals surface area contributed by atoms with Crippen molar-refractivity contribution in [3.8, 4) is 0 Å². The van der Waals surface area contributed by atoms with E-state index in [1.165, 1.54) is 10.0 Å². The fraction of sp³-hybridized carbons (Fsp3) is 0.474. The minimum absolute atomic E-state index is 0.128. The summed E-state index contributed by atoms with van der Waals surface area (Å²) in [7, 11) is 0. The number of hydrogen-bond acceptors (Lipinski definition) is 4. The van der Waals surface area contributed by atoms with E-state index in [0.29, 0.717) is 17.7 Å². The molecule has 3 unspecified atom stereocenters. The second-order valence-corrected chi connectivity index (χ2v) is 7.34. The third-order valence-corrected chi connectivity index (χ3v) is 5.58. The van der Waals surface area contributed by atoms with Crippen LogP contribution < -0.4 is 0 Å². The molecule has 3 aliphatic rings. The van der Waals surface area contributed by atoms with Crippen LogP contribution in [-0.2, 0) is 9.59 Å². The third kappa shape index (κ3) is 2.26. The van der Waals surface area contributed by atoms with E-state index in [1.54, 1.807) is 31.2 Å². The Morgan fingerprint density at radius 3 is 2.19 bits per heavy atom. The third-order valence-electron chi connectivity index (χ3n) is 5.58. The van der Waals surface area contributed by atoms with Gasteiger partial charge in [0.05, 0.1) is 17.2 Å². The van der Waals surface area contributed by atoms with Gasteiger partial charge in [0, 0.05) is 13.0 Å². The van der Waals surface area contributed by atoms with E-state index in [-0.39, 0.29) is 24.3 Å². The Kier molecular flexibility index (Phi) is 3.82. The fourth-order valence-corrected chi connectivity index (χ4v) is 4.28. The topological polar surface area (TPSA) is 78.0 Å². The predicted molar refractivity (Wildman–Crippen MR) is 91.8 cm³/mol. The summed E-state index contributed by atoms with van der Waals surface area (Å²) in [6.45, 7) is 4.15. The summed E-state index contributed by atoms with van der Waals surface area (Å²) in [6.07, 6.45) is 1.76. The van der Waals surface area contributed by atoms with Gasteiger partial charge < -0.3 is 0 Å². The maximum absolute atomic E-state index is 13.4. The smallest absolute Gasteiger partial charge is 0.265 e. The first-order chi connectivity index (χ1) is 12.4. The lowest BCUT2D eigenvalue weighted by Crippen LogP contribution is -2.60. The summed E-state index contributed by atoms with van der Waals surface area (Å²) in [4.78, 5) is 52.8. The molecular weight excluding hydrogens is 334 g/mol. The van der Waals surface area contributed by atoms with Crippen molar-refractivity contribution in [2.75, 3.05) is 6.54 Å². The van der Waals surface area contributed by atoms with Gasteiger partial charge >= 0.3 is 0 Å². The quantitative estimate of drug-likeness (QED) is 0.714. The zero-order valence-electron chi connectivity index (χ0n) is 14.8. The number of rotatable bonds is 1. The van der Waals surface area contributed by atoms with Crippen LogP contribution >= 0.6 is 0 Å². The average molecular weight is 355 g/mol. The molecule has 2 saturated heterocycles. The lowest BCUT2D eigenvalue weighted by Gasteiger charge is -2.43. The number of nitrogens with zero attached hydrogens (tertiary/aromatic N) is 3. The van der Waals surface area contributed by atoms with Crippen LogP contribution in [0.25, 0.3) is 0 Å². The molecule has 0 saturated carbocycles. The molecule has 136 valence electrons. The lowest BCUT2D eigenvalue weighted by molar-refractivity contribution is -0.172. The molecule has 0 aliphatic carbocycles. The molecule has 0 aromatic heterocycles. The number of hydrazine groups is 1. The van der Waals surface area contributed by atoms with Crippen molar-refractivity contribution in [3.63, 3.8) is 0 Å². The molecule has 26 heavy (non-hydrogen) atoms. The van der Waals surface area contributed by atoms with Crippen LogP contribution in [0.2, 0.25) is 0 Å². The van der Waals surface area contributed by atoms with Gasteiger partial charge in [-0.25, -0.2) is 5.01 Å². The van der Waals surface area contributed by atoms with Crippen molar-refractivity contribution in [2.24, 2.45) is 5.92 Å². The summed E-state index contributed by atoms with van der Waals surface area (Å²) >= 11 is 0. The number of amides is 4. The molecule has 0 spiro atoms. The van der Waals surface area contributed by atoms with Crippen LogP contribution in [-0.4, -0.2) is 57.2 Å². The zero-order chi connectivity index (χ0) is 18.6. The number of carbonyl (C=O) groups is 4. The van der Waals surface area contributed by atoms with E-state index in [0.717, 1.165) is 17.7 Å². The van der Waals surface area contributed by atoms with Gasteiger partial charge in [-0.1, -0.05) is 19.1 Å². The SMILES string of the molecule is CC1CC(=O)N2CCCC(C)N2C(=O)C1N1C(=O)c2ccccc2C1=O. The number of carbonyl (C=O) groups excluding carboxylic acids is 4. The standard InChI is InChI=1S/C19H21N3O4/c1-11-10-15(23)20-9-5-6-12(2)22(20)19(26)16(11)21-17(24)13-7-3-4-8-14(13)18(21)25/h3-4,7-8,11-12,16H,5-6,9-10H2,1-2H3. The Morgan fingerprint density at radius 2 is 1.58 bits per heavy atom. The second kappa shape index (κ2) is 5.93. The molecule has 0 radical (unpaired) electrons. The molecule has 3 heterocycles. The number of benzene rings is 1. The lowest BCUT2D eigenvalue weighted by atomic mass is 9.96. The molecule has 7 nitrogen and oxygen atoms in total. The molecule has 4 rings (SSSR count). The number of hydrogen-bond donors (Lipinski definition) is 0. The minimum Gasteiger partial charge on any atom is -0.273 e. The summed E-state index contributed by atoms with van der Waals surface area (Å²) in [5, 5.41) is 2.98. The highest BCUT2D eigenvalue weighted by molar-refractivity contribution is 6.23. The van der Waals surface area contributed by atoms with Gasteiger partial charge in [0.25, 0.3) is 17.7 Å². The maximum atomic E-state index is 13.4. The first-order valence-corrected chi connectivity index (χ1v) is 9.02. The highest BCUT2D eigenvalue weighted by Gasteiger charge is 2.50. The normalized spacial score (nSPS) is 29.0. The van der Waals surface area contributed by atoms with Gasteiger partial charge in [-0.3, -0.25) is 29.1 Å². The van der Waals surface area contributed by atoms with E-state index in [4.69, 9.17) is 0 Å². The fourth-order valence-electron chi connectivity index (χ4n) is 4.28. The Hall–Kier alpha value is -2.70. The molecule has 3 atom stereocenters. The van der Waals surface area contributed by atoms with Crippen molar-refractivity contribution in [3.05, 3.63) is 35.4 Å². The maximum Gasteiger partial charge on any atom is 0.265 e. The molecular formula is C19H21N3O4. The van der Waals surface area contributed by atoms with E-state index in [2.05, 4.69) is 0 Å². The molecule has 1 aromatic rings. The Labute approximate surface area is 151 Å². The van der Waals surface area contributed by atoms with E-state index in [1.807, 2.05) is 6.92 Å². The van der Waals surface area contributed by atoms with Gasteiger partial charge in [0.2, 0.25) is 5.91 Å². The van der Waals surface area contributed by atoms with Gasteiger partial charge in [0.15, 0.2) is 0 Å². The van der Waals surface area contributed by atoms with Crippen LogP contribution in [0, 0.1) is 5.92 Å². The minimum atomic E-state index is -0.961. The van der Waals surface area contributed by atoms with Crippen molar-refractivity contribution in [2.45, 2.75) is 45.2 Å². The summed E-state index contributed by atoms with van der Waals surface area (Å²) in [5.74, 6) is -1.82.